The van der Waals surface area contributed by atoms with Crippen molar-refractivity contribution in [1.82, 2.24) is 0 Å². The zero-order valence-electron chi connectivity index (χ0n) is 18.9. The van der Waals surface area contributed by atoms with Crippen LogP contribution in [0.3, 0.4) is 0 Å². The van der Waals surface area contributed by atoms with Crippen LogP contribution in [-0.2, 0) is 5.41 Å². The van der Waals surface area contributed by atoms with E-state index < -0.39 is 0 Å². The maximum Gasteiger partial charge on any atom is 0.119 e. The van der Waals surface area contributed by atoms with Crippen LogP contribution in [0.1, 0.15) is 73.6 Å². The Hall–Kier alpha value is -2.02. The molecule has 0 spiro atoms. The third-order valence-electron chi connectivity index (χ3n) is 8.44. The third kappa shape index (κ3) is 3.61. The van der Waals surface area contributed by atoms with Crippen molar-refractivity contribution in [3.63, 3.8) is 0 Å². The van der Waals surface area contributed by atoms with Crippen LogP contribution < -0.4 is 4.74 Å². The van der Waals surface area contributed by atoms with Crippen LogP contribution in [0.2, 0.25) is 0 Å². The number of aryl methyl sites for hydroxylation is 2. The van der Waals surface area contributed by atoms with Gasteiger partial charge in [-0.2, -0.15) is 0 Å². The molecule has 4 aliphatic carbocycles. The average molecular weight is 401 g/mol. The Kier molecular flexibility index (Phi) is 5.04. The van der Waals surface area contributed by atoms with Gasteiger partial charge in [-0.1, -0.05) is 49.4 Å². The highest BCUT2D eigenvalue weighted by Crippen LogP contribution is 2.60. The van der Waals surface area contributed by atoms with E-state index in [-0.39, 0.29) is 0 Å². The number of hydrogen-bond acceptors (Lipinski definition) is 1. The standard InChI is InChI=1S/C29H36O/c1-19-5-6-20(2)28(11-19)22(4)21(3)18-30-27-9-7-26(8-10-27)29-15-23-12-24(16-29)14-25(13-23)17-29/h5-11,22-25H,3,12-18H2,1-2,4H3. The van der Waals surface area contributed by atoms with Gasteiger partial charge >= 0.3 is 0 Å². The van der Waals surface area contributed by atoms with E-state index in [1.165, 1.54) is 55.2 Å². The van der Waals surface area contributed by atoms with E-state index in [1.807, 2.05) is 0 Å². The van der Waals surface area contributed by atoms with Crippen molar-refractivity contribution in [2.75, 3.05) is 6.61 Å². The number of benzene rings is 2. The van der Waals surface area contributed by atoms with Crippen LogP contribution in [0.15, 0.2) is 54.6 Å². The highest BCUT2D eigenvalue weighted by Gasteiger charge is 2.51. The number of rotatable bonds is 6. The lowest BCUT2D eigenvalue weighted by atomic mass is 9.48. The molecule has 6 rings (SSSR count). The highest BCUT2D eigenvalue weighted by molar-refractivity contribution is 5.38. The summed E-state index contributed by atoms with van der Waals surface area (Å²) in [4.78, 5) is 0. The van der Waals surface area contributed by atoms with Gasteiger partial charge in [-0.05, 0) is 110 Å². The number of ether oxygens (including phenoxy) is 1. The van der Waals surface area contributed by atoms with Crippen LogP contribution in [0.4, 0.5) is 0 Å². The molecule has 0 aliphatic heterocycles. The van der Waals surface area contributed by atoms with Gasteiger partial charge in [-0.3, -0.25) is 0 Å². The Morgan fingerprint density at radius 3 is 2.17 bits per heavy atom. The maximum absolute atomic E-state index is 6.15. The quantitative estimate of drug-likeness (QED) is 0.456. The van der Waals surface area contributed by atoms with Crippen molar-refractivity contribution < 1.29 is 4.74 Å². The minimum absolute atomic E-state index is 0.302. The van der Waals surface area contributed by atoms with Gasteiger partial charge in [0.1, 0.15) is 12.4 Å². The van der Waals surface area contributed by atoms with Crippen LogP contribution in [0, 0.1) is 31.6 Å². The van der Waals surface area contributed by atoms with Gasteiger partial charge in [0.2, 0.25) is 0 Å². The molecule has 0 N–H and O–H groups in total. The van der Waals surface area contributed by atoms with E-state index in [2.05, 4.69) is 69.8 Å². The first-order valence-electron chi connectivity index (χ1n) is 11.9. The fourth-order valence-corrected chi connectivity index (χ4v) is 7.12. The smallest absolute Gasteiger partial charge is 0.119 e. The fourth-order valence-electron chi connectivity index (χ4n) is 7.12. The first-order valence-corrected chi connectivity index (χ1v) is 11.9. The lowest BCUT2D eigenvalue weighted by Gasteiger charge is -2.57. The monoisotopic (exact) mass is 400 g/mol. The predicted octanol–water partition coefficient (Wildman–Crippen LogP) is 7.51. The van der Waals surface area contributed by atoms with Crippen molar-refractivity contribution in [3.8, 4) is 5.75 Å². The fraction of sp³-hybridized carbons (Fsp3) is 0.517. The molecule has 1 heteroatoms. The second kappa shape index (κ2) is 7.59. The molecule has 2 aromatic rings. The van der Waals surface area contributed by atoms with Gasteiger partial charge in [0.15, 0.2) is 0 Å². The summed E-state index contributed by atoms with van der Waals surface area (Å²) in [6, 6.07) is 15.8. The highest BCUT2D eigenvalue weighted by atomic mass is 16.5. The Labute approximate surface area is 182 Å². The molecule has 0 radical (unpaired) electrons. The molecule has 1 atom stereocenters. The molecule has 0 aromatic heterocycles. The van der Waals surface area contributed by atoms with Crippen molar-refractivity contribution in [3.05, 3.63) is 76.9 Å². The summed E-state index contributed by atoms with van der Waals surface area (Å²) in [5, 5.41) is 0. The summed E-state index contributed by atoms with van der Waals surface area (Å²) >= 11 is 0. The summed E-state index contributed by atoms with van der Waals surface area (Å²) in [6.07, 6.45) is 8.76. The Morgan fingerprint density at radius 1 is 0.967 bits per heavy atom. The van der Waals surface area contributed by atoms with Gasteiger partial charge in [0, 0.05) is 5.92 Å². The Bertz CT molecular complexity index is 900. The first-order chi connectivity index (χ1) is 14.4. The van der Waals surface area contributed by atoms with Crippen molar-refractivity contribution in [2.24, 2.45) is 17.8 Å². The lowest BCUT2D eigenvalue weighted by Crippen LogP contribution is -2.48. The molecule has 4 bridgehead atoms. The summed E-state index contributed by atoms with van der Waals surface area (Å²) in [7, 11) is 0. The molecule has 30 heavy (non-hydrogen) atoms. The van der Waals surface area contributed by atoms with Crippen LogP contribution >= 0.6 is 0 Å². The molecule has 4 aliphatic rings. The Morgan fingerprint density at radius 2 is 1.57 bits per heavy atom. The van der Waals surface area contributed by atoms with Crippen molar-refractivity contribution >= 4 is 0 Å². The Balaban J connectivity index is 1.24. The predicted molar refractivity (Wildman–Crippen MR) is 125 cm³/mol. The molecule has 4 saturated carbocycles. The van der Waals surface area contributed by atoms with Gasteiger partial charge in [-0.25, -0.2) is 0 Å². The molecule has 4 fully saturated rings. The second-order valence-electron chi connectivity index (χ2n) is 10.8. The molecule has 2 aromatic carbocycles. The van der Waals surface area contributed by atoms with Gasteiger partial charge in [-0.15, -0.1) is 0 Å². The van der Waals surface area contributed by atoms with E-state index in [9.17, 15) is 0 Å². The molecule has 0 saturated heterocycles. The lowest BCUT2D eigenvalue weighted by molar-refractivity contribution is -0.00520. The molecule has 0 heterocycles. The van der Waals surface area contributed by atoms with Crippen molar-refractivity contribution in [2.45, 2.75) is 70.6 Å². The van der Waals surface area contributed by atoms with Gasteiger partial charge in [0.25, 0.3) is 0 Å². The number of hydrogen-bond donors (Lipinski definition) is 0. The molecular weight excluding hydrogens is 364 g/mol. The zero-order valence-corrected chi connectivity index (χ0v) is 18.9. The van der Waals surface area contributed by atoms with Gasteiger partial charge < -0.3 is 4.74 Å². The van der Waals surface area contributed by atoms with E-state index in [4.69, 9.17) is 4.74 Å². The summed E-state index contributed by atoms with van der Waals surface area (Å²) in [6.45, 7) is 11.5. The normalized spacial score (nSPS) is 30.3. The summed E-state index contributed by atoms with van der Waals surface area (Å²) < 4.78 is 6.15. The summed E-state index contributed by atoms with van der Waals surface area (Å²) in [5.41, 5.74) is 7.16. The zero-order chi connectivity index (χ0) is 20.9. The SMILES string of the molecule is C=C(COc1ccc(C23CC4CC(CC(C4)C2)C3)cc1)C(C)c1cc(C)ccc1C. The van der Waals surface area contributed by atoms with Crippen molar-refractivity contribution in [1.29, 1.82) is 0 Å². The minimum Gasteiger partial charge on any atom is -0.489 e. The van der Waals surface area contributed by atoms with Gasteiger partial charge in [0.05, 0.1) is 0 Å². The average Bonchev–Trinajstić information content (AvgIpc) is 2.72. The molecule has 158 valence electrons. The minimum atomic E-state index is 0.302. The molecule has 1 nitrogen and oxygen atoms in total. The first kappa shape index (κ1) is 19.9. The van der Waals surface area contributed by atoms with E-state index in [1.54, 1.807) is 5.56 Å². The largest absolute Gasteiger partial charge is 0.489 e. The molecule has 1 unspecified atom stereocenters. The second-order valence-corrected chi connectivity index (χ2v) is 10.8. The van der Waals surface area contributed by atoms with Crippen LogP contribution in [-0.4, -0.2) is 6.61 Å². The maximum atomic E-state index is 6.15. The van der Waals surface area contributed by atoms with Crippen LogP contribution in [0.25, 0.3) is 0 Å². The van der Waals surface area contributed by atoms with Crippen LogP contribution in [0.5, 0.6) is 5.75 Å². The van der Waals surface area contributed by atoms with E-state index in [0.717, 1.165) is 29.1 Å². The molecular formula is C29H36O. The topological polar surface area (TPSA) is 9.23 Å². The third-order valence-corrected chi connectivity index (χ3v) is 8.44. The summed E-state index contributed by atoms with van der Waals surface area (Å²) in [5.74, 6) is 4.24. The van der Waals surface area contributed by atoms with E-state index >= 15 is 0 Å². The van der Waals surface area contributed by atoms with E-state index in [0.29, 0.717) is 17.9 Å². The molecule has 0 amide bonds.